The molecular formula is C18H20F3N3O. The molecule has 0 spiro atoms. The van der Waals surface area contributed by atoms with Crippen molar-refractivity contribution in [1.82, 2.24) is 10.3 Å². The first-order chi connectivity index (χ1) is 11.9. The Bertz CT molecular complexity index is 776. The van der Waals surface area contributed by atoms with Crippen molar-refractivity contribution in [2.24, 2.45) is 5.92 Å². The molecule has 1 atom stereocenters. The van der Waals surface area contributed by atoms with Crippen LogP contribution in [0.4, 0.5) is 18.9 Å². The number of rotatable bonds is 3. The smallest absolute Gasteiger partial charge is 0.370 e. The molecule has 1 aromatic carbocycles. The SMILES string of the molecule is CCNC(=O)C1CCCN(c2ccnc3cc(C(F)(F)F)ccc23)C1. The highest BCUT2D eigenvalue weighted by Gasteiger charge is 2.31. The maximum absolute atomic E-state index is 12.9. The lowest BCUT2D eigenvalue weighted by molar-refractivity contribution is -0.137. The molecule has 1 aromatic heterocycles. The Kier molecular flexibility index (Phi) is 4.83. The van der Waals surface area contributed by atoms with Crippen molar-refractivity contribution < 1.29 is 18.0 Å². The van der Waals surface area contributed by atoms with Crippen molar-refractivity contribution in [3.63, 3.8) is 0 Å². The Balaban J connectivity index is 1.91. The van der Waals surface area contributed by atoms with Gasteiger partial charge in [-0.15, -0.1) is 0 Å². The predicted octanol–water partition coefficient (Wildman–Crippen LogP) is 3.61. The first kappa shape index (κ1) is 17.5. The highest BCUT2D eigenvalue weighted by atomic mass is 19.4. The van der Waals surface area contributed by atoms with E-state index in [1.54, 1.807) is 6.07 Å². The van der Waals surface area contributed by atoms with Crippen LogP contribution in [-0.4, -0.2) is 30.5 Å². The van der Waals surface area contributed by atoms with Crippen LogP contribution in [0, 0.1) is 5.92 Å². The van der Waals surface area contributed by atoms with Gasteiger partial charge in [0.2, 0.25) is 5.91 Å². The standard InChI is InChI=1S/C18H20F3N3O/c1-2-22-17(25)12-4-3-9-24(11-12)16-7-8-23-15-10-13(18(19,20)21)5-6-14(15)16/h5-8,10,12H,2-4,9,11H2,1H3,(H,22,25). The number of fused-ring (bicyclic) bond motifs is 1. The molecule has 1 aliphatic rings. The minimum absolute atomic E-state index is 0.0323. The van der Waals surface area contributed by atoms with Crippen LogP contribution in [0.3, 0.4) is 0 Å². The number of halogens is 3. The van der Waals surface area contributed by atoms with E-state index < -0.39 is 11.7 Å². The quantitative estimate of drug-likeness (QED) is 0.919. The molecule has 4 nitrogen and oxygen atoms in total. The molecule has 1 N–H and O–H groups in total. The van der Waals surface area contributed by atoms with E-state index >= 15 is 0 Å². The van der Waals surface area contributed by atoms with Crippen molar-refractivity contribution in [2.75, 3.05) is 24.5 Å². The number of piperidine rings is 1. The molecule has 0 saturated carbocycles. The number of carbonyl (C=O) groups excluding carboxylic acids is 1. The summed E-state index contributed by atoms with van der Waals surface area (Å²) in [5.41, 5.74) is 0.434. The van der Waals surface area contributed by atoms with E-state index in [1.807, 2.05) is 6.92 Å². The van der Waals surface area contributed by atoms with Crippen LogP contribution < -0.4 is 10.2 Å². The van der Waals surface area contributed by atoms with Gasteiger partial charge in [-0.05, 0) is 38.0 Å². The van der Waals surface area contributed by atoms with Gasteiger partial charge in [-0.3, -0.25) is 9.78 Å². The average Bonchev–Trinajstić information content (AvgIpc) is 2.60. The van der Waals surface area contributed by atoms with Crippen molar-refractivity contribution in [1.29, 1.82) is 0 Å². The number of aromatic nitrogens is 1. The predicted molar refractivity (Wildman–Crippen MR) is 90.4 cm³/mol. The molecule has 1 saturated heterocycles. The zero-order valence-corrected chi connectivity index (χ0v) is 13.9. The zero-order chi connectivity index (χ0) is 18.0. The molecule has 2 heterocycles. The highest BCUT2D eigenvalue weighted by Crippen LogP contribution is 2.34. The summed E-state index contributed by atoms with van der Waals surface area (Å²) in [6.45, 7) is 3.81. The summed E-state index contributed by atoms with van der Waals surface area (Å²) >= 11 is 0. The van der Waals surface area contributed by atoms with Gasteiger partial charge in [-0.25, -0.2) is 0 Å². The van der Waals surface area contributed by atoms with E-state index in [2.05, 4.69) is 15.2 Å². The maximum Gasteiger partial charge on any atom is 0.416 e. The second-order valence-corrected chi connectivity index (χ2v) is 6.24. The third-order valence-corrected chi connectivity index (χ3v) is 4.53. The van der Waals surface area contributed by atoms with Crippen molar-refractivity contribution in [3.8, 4) is 0 Å². The molecule has 0 radical (unpaired) electrons. The Hall–Kier alpha value is -2.31. The first-order valence-electron chi connectivity index (χ1n) is 8.38. The molecule has 1 unspecified atom stereocenters. The Labute approximate surface area is 144 Å². The van der Waals surface area contributed by atoms with Crippen molar-refractivity contribution in [2.45, 2.75) is 25.9 Å². The summed E-state index contributed by atoms with van der Waals surface area (Å²) < 4.78 is 38.7. The number of hydrogen-bond donors (Lipinski definition) is 1. The fourth-order valence-electron chi connectivity index (χ4n) is 3.31. The second-order valence-electron chi connectivity index (χ2n) is 6.24. The summed E-state index contributed by atoms with van der Waals surface area (Å²) in [4.78, 5) is 18.3. The maximum atomic E-state index is 12.9. The van der Waals surface area contributed by atoms with E-state index in [-0.39, 0.29) is 11.8 Å². The number of anilines is 1. The third kappa shape index (κ3) is 3.70. The summed E-state index contributed by atoms with van der Waals surface area (Å²) in [5.74, 6) is -0.0729. The van der Waals surface area contributed by atoms with Gasteiger partial charge in [0.1, 0.15) is 0 Å². The number of nitrogens with one attached hydrogen (secondary N) is 1. The van der Waals surface area contributed by atoms with Gasteiger partial charge < -0.3 is 10.2 Å². The third-order valence-electron chi connectivity index (χ3n) is 4.53. The van der Waals surface area contributed by atoms with Gasteiger partial charge in [-0.2, -0.15) is 13.2 Å². The zero-order valence-electron chi connectivity index (χ0n) is 13.9. The Morgan fingerprint density at radius 3 is 2.88 bits per heavy atom. The fraction of sp³-hybridized carbons (Fsp3) is 0.444. The van der Waals surface area contributed by atoms with Crippen LogP contribution in [0.15, 0.2) is 30.5 Å². The van der Waals surface area contributed by atoms with Crippen molar-refractivity contribution in [3.05, 3.63) is 36.0 Å². The summed E-state index contributed by atoms with van der Waals surface area (Å²) in [6.07, 6.45) is -1.18. The Morgan fingerprint density at radius 1 is 1.36 bits per heavy atom. The normalized spacial score (nSPS) is 18.4. The summed E-state index contributed by atoms with van der Waals surface area (Å²) in [7, 11) is 0. The molecule has 7 heteroatoms. The molecule has 1 amide bonds. The largest absolute Gasteiger partial charge is 0.416 e. The number of amides is 1. The molecule has 25 heavy (non-hydrogen) atoms. The highest BCUT2D eigenvalue weighted by molar-refractivity contribution is 5.92. The monoisotopic (exact) mass is 351 g/mol. The van der Waals surface area contributed by atoms with E-state index in [0.29, 0.717) is 24.0 Å². The van der Waals surface area contributed by atoms with Gasteiger partial charge in [0.25, 0.3) is 0 Å². The van der Waals surface area contributed by atoms with Crippen LogP contribution in [0.5, 0.6) is 0 Å². The molecule has 134 valence electrons. The van der Waals surface area contributed by atoms with Crippen LogP contribution in [0.25, 0.3) is 10.9 Å². The number of benzene rings is 1. The van der Waals surface area contributed by atoms with E-state index in [4.69, 9.17) is 0 Å². The van der Waals surface area contributed by atoms with Crippen molar-refractivity contribution >= 4 is 22.5 Å². The molecule has 0 bridgehead atoms. The van der Waals surface area contributed by atoms with E-state index in [1.165, 1.54) is 12.3 Å². The van der Waals surface area contributed by atoms with E-state index in [0.717, 1.165) is 37.2 Å². The fourth-order valence-corrected chi connectivity index (χ4v) is 3.31. The minimum atomic E-state index is -4.39. The average molecular weight is 351 g/mol. The van der Waals surface area contributed by atoms with Crippen LogP contribution in [-0.2, 0) is 11.0 Å². The molecule has 1 aliphatic heterocycles. The Morgan fingerprint density at radius 2 is 2.16 bits per heavy atom. The number of alkyl halides is 3. The molecule has 3 rings (SSSR count). The lowest BCUT2D eigenvalue weighted by Gasteiger charge is -2.34. The number of nitrogens with zero attached hydrogens (tertiary/aromatic N) is 2. The number of hydrogen-bond acceptors (Lipinski definition) is 3. The van der Waals surface area contributed by atoms with Gasteiger partial charge in [-0.1, -0.05) is 6.07 Å². The minimum Gasteiger partial charge on any atom is -0.370 e. The van der Waals surface area contributed by atoms with Gasteiger partial charge in [0, 0.05) is 36.9 Å². The lowest BCUT2D eigenvalue weighted by atomic mass is 9.96. The van der Waals surface area contributed by atoms with Gasteiger partial charge in [0.05, 0.1) is 17.0 Å². The second kappa shape index (κ2) is 6.90. The molecule has 2 aromatic rings. The van der Waals surface area contributed by atoms with E-state index in [9.17, 15) is 18.0 Å². The molecule has 1 fully saturated rings. The first-order valence-corrected chi connectivity index (χ1v) is 8.38. The number of carbonyl (C=O) groups is 1. The lowest BCUT2D eigenvalue weighted by Crippen LogP contribution is -2.43. The summed E-state index contributed by atoms with van der Waals surface area (Å²) in [5, 5.41) is 3.52. The molecular weight excluding hydrogens is 331 g/mol. The van der Waals surface area contributed by atoms with Gasteiger partial charge in [0.15, 0.2) is 0 Å². The van der Waals surface area contributed by atoms with Gasteiger partial charge >= 0.3 is 6.18 Å². The van der Waals surface area contributed by atoms with Crippen LogP contribution in [0.2, 0.25) is 0 Å². The van der Waals surface area contributed by atoms with Crippen LogP contribution in [0.1, 0.15) is 25.3 Å². The molecule has 0 aliphatic carbocycles. The van der Waals surface area contributed by atoms with Crippen LogP contribution >= 0.6 is 0 Å². The number of pyridine rings is 1. The summed E-state index contributed by atoms with van der Waals surface area (Å²) in [6, 6.07) is 5.43. The topological polar surface area (TPSA) is 45.2 Å².